The molecular weight excluding hydrogens is 320 g/mol. The van der Waals surface area contributed by atoms with E-state index in [1.165, 1.54) is 12.8 Å². The molecule has 136 valence electrons. The van der Waals surface area contributed by atoms with E-state index >= 15 is 0 Å². The molecule has 3 fully saturated rings. The fraction of sp³-hybridized carbons (Fsp3) is 0.722. The van der Waals surface area contributed by atoms with Crippen molar-refractivity contribution in [2.24, 2.45) is 5.92 Å². The predicted octanol–water partition coefficient (Wildman–Crippen LogP) is 1.69. The van der Waals surface area contributed by atoms with E-state index in [0.717, 1.165) is 31.7 Å². The van der Waals surface area contributed by atoms with Crippen LogP contribution in [0.1, 0.15) is 43.1 Å². The summed E-state index contributed by atoms with van der Waals surface area (Å²) in [6, 6.07) is 0. The number of piperidine rings is 2. The van der Waals surface area contributed by atoms with Crippen molar-refractivity contribution in [1.29, 1.82) is 0 Å². The lowest BCUT2D eigenvalue weighted by Crippen LogP contribution is -2.47. The second-order valence-corrected chi connectivity index (χ2v) is 7.35. The summed E-state index contributed by atoms with van der Waals surface area (Å²) in [4.78, 5) is 25.6. The number of carbonyl (C=O) groups is 1. The zero-order chi connectivity index (χ0) is 17.3. The van der Waals surface area contributed by atoms with Gasteiger partial charge in [-0.15, -0.1) is 0 Å². The molecule has 0 N–H and O–H groups in total. The molecular formula is C18H26N4O3. The van der Waals surface area contributed by atoms with Crippen LogP contribution in [-0.2, 0) is 9.47 Å². The summed E-state index contributed by atoms with van der Waals surface area (Å²) in [6.07, 6.45) is 7.24. The Morgan fingerprint density at radius 1 is 1.16 bits per heavy atom. The first-order chi connectivity index (χ1) is 12.2. The van der Waals surface area contributed by atoms with Gasteiger partial charge in [0.05, 0.1) is 25.6 Å². The summed E-state index contributed by atoms with van der Waals surface area (Å²) in [6.45, 7) is 6.85. The van der Waals surface area contributed by atoms with Crippen LogP contribution in [0.15, 0.2) is 12.4 Å². The van der Waals surface area contributed by atoms with Gasteiger partial charge in [0.1, 0.15) is 11.5 Å². The highest BCUT2D eigenvalue weighted by Gasteiger charge is 2.41. The topological polar surface area (TPSA) is 67.8 Å². The first-order valence-corrected chi connectivity index (χ1v) is 9.29. The zero-order valence-corrected chi connectivity index (χ0v) is 14.8. The first-order valence-electron chi connectivity index (χ1n) is 9.29. The van der Waals surface area contributed by atoms with E-state index in [9.17, 15) is 4.79 Å². The Morgan fingerprint density at radius 3 is 2.56 bits per heavy atom. The van der Waals surface area contributed by atoms with Crippen LogP contribution < -0.4 is 4.90 Å². The van der Waals surface area contributed by atoms with Crippen molar-refractivity contribution in [2.75, 3.05) is 44.3 Å². The van der Waals surface area contributed by atoms with Crippen LogP contribution in [0.5, 0.6) is 0 Å². The molecule has 1 aromatic rings. The molecule has 1 atom stereocenters. The van der Waals surface area contributed by atoms with Gasteiger partial charge in [-0.25, -0.2) is 9.97 Å². The Balaban J connectivity index is 1.37. The van der Waals surface area contributed by atoms with Gasteiger partial charge in [0.2, 0.25) is 0 Å². The minimum absolute atomic E-state index is 0.0566. The zero-order valence-electron chi connectivity index (χ0n) is 14.8. The van der Waals surface area contributed by atoms with Crippen LogP contribution in [0.25, 0.3) is 0 Å². The molecule has 0 aliphatic carbocycles. The average Bonchev–Trinajstić information content (AvgIpc) is 3.10. The van der Waals surface area contributed by atoms with Gasteiger partial charge in [0.15, 0.2) is 5.79 Å². The van der Waals surface area contributed by atoms with Gasteiger partial charge in [-0.2, -0.15) is 0 Å². The Morgan fingerprint density at radius 2 is 1.92 bits per heavy atom. The number of amides is 1. The van der Waals surface area contributed by atoms with E-state index in [1.807, 2.05) is 4.90 Å². The van der Waals surface area contributed by atoms with Crippen LogP contribution >= 0.6 is 0 Å². The minimum atomic E-state index is -0.461. The molecule has 1 unspecified atom stereocenters. The van der Waals surface area contributed by atoms with E-state index in [0.29, 0.717) is 37.9 Å². The molecule has 1 amide bonds. The number of aromatic nitrogens is 2. The molecule has 1 spiro atoms. The van der Waals surface area contributed by atoms with Crippen molar-refractivity contribution in [2.45, 2.75) is 38.4 Å². The molecule has 0 radical (unpaired) electrons. The smallest absolute Gasteiger partial charge is 0.274 e. The summed E-state index contributed by atoms with van der Waals surface area (Å²) < 4.78 is 11.4. The molecule has 7 nitrogen and oxygen atoms in total. The maximum Gasteiger partial charge on any atom is 0.274 e. The number of rotatable bonds is 2. The van der Waals surface area contributed by atoms with Gasteiger partial charge in [0.25, 0.3) is 5.91 Å². The van der Waals surface area contributed by atoms with Crippen LogP contribution in [0.3, 0.4) is 0 Å². The highest BCUT2D eigenvalue weighted by atomic mass is 16.7. The second kappa shape index (κ2) is 6.88. The third-order valence-electron chi connectivity index (χ3n) is 5.46. The Labute approximate surface area is 148 Å². The van der Waals surface area contributed by atoms with Gasteiger partial charge in [-0.1, -0.05) is 6.92 Å². The Hall–Kier alpha value is -1.73. The van der Waals surface area contributed by atoms with Crippen molar-refractivity contribution in [1.82, 2.24) is 14.9 Å². The summed E-state index contributed by atoms with van der Waals surface area (Å²) in [5.41, 5.74) is 0.415. The van der Waals surface area contributed by atoms with Gasteiger partial charge >= 0.3 is 0 Å². The molecule has 0 saturated carbocycles. The lowest BCUT2D eigenvalue weighted by Gasteiger charge is -2.37. The van der Waals surface area contributed by atoms with E-state index in [1.54, 1.807) is 12.4 Å². The quantitative estimate of drug-likeness (QED) is 0.812. The maximum atomic E-state index is 12.7. The van der Waals surface area contributed by atoms with Crippen molar-refractivity contribution in [3.63, 3.8) is 0 Å². The van der Waals surface area contributed by atoms with Crippen LogP contribution in [0.4, 0.5) is 5.82 Å². The van der Waals surface area contributed by atoms with Gasteiger partial charge in [0, 0.05) is 39.0 Å². The highest BCUT2D eigenvalue weighted by molar-refractivity contribution is 5.92. The standard InChI is InChI=1S/C18H26N4O3/c1-14-3-2-6-22(13-14)16-12-19-15(11-20-16)17(23)21-7-4-18(5-8-21)24-9-10-25-18/h11-12,14H,2-10,13H2,1H3. The molecule has 4 heterocycles. The maximum absolute atomic E-state index is 12.7. The number of hydrogen-bond acceptors (Lipinski definition) is 6. The Bertz CT molecular complexity index is 605. The van der Waals surface area contributed by atoms with Crippen LogP contribution in [0, 0.1) is 5.92 Å². The molecule has 3 saturated heterocycles. The molecule has 3 aliphatic rings. The number of likely N-dealkylation sites (tertiary alicyclic amines) is 1. The monoisotopic (exact) mass is 346 g/mol. The molecule has 25 heavy (non-hydrogen) atoms. The SMILES string of the molecule is CC1CCCN(c2cnc(C(=O)N3CCC4(CC3)OCCO4)cn2)C1. The first kappa shape index (κ1) is 16.7. The summed E-state index contributed by atoms with van der Waals surface area (Å²) in [7, 11) is 0. The van der Waals surface area contributed by atoms with Crippen molar-refractivity contribution in [3.8, 4) is 0 Å². The molecule has 7 heteroatoms. The molecule has 0 aromatic carbocycles. The van der Waals surface area contributed by atoms with Gasteiger partial charge in [-0.05, 0) is 18.8 Å². The predicted molar refractivity (Wildman–Crippen MR) is 92.4 cm³/mol. The number of hydrogen-bond donors (Lipinski definition) is 0. The van der Waals surface area contributed by atoms with E-state index in [2.05, 4.69) is 21.8 Å². The van der Waals surface area contributed by atoms with E-state index < -0.39 is 5.79 Å². The van der Waals surface area contributed by atoms with Crippen LogP contribution in [0.2, 0.25) is 0 Å². The van der Waals surface area contributed by atoms with Crippen LogP contribution in [-0.4, -0.2) is 66.0 Å². The summed E-state index contributed by atoms with van der Waals surface area (Å²) >= 11 is 0. The molecule has 1 aromatic heterocycles. The summed E-state index contributed by atoms with van der Waals surface area (Å²) in [5.74, 6) is 1.03. The fourth-order valence-corrected chi connectivity index (χ4v) is 3.99. The molecule has 3 aliphatic heterocycles. The fourth-order valence-electron chi connectivity index (χ4n) is 3.99. The molecule has 4 rings (SSSR count). The lowest BCUT2D eigenvalue weighted by molar-refractivity contribution is -0.181. The number of nitrogens with zero attached hydrogens (tertiary/aromatic N) is 4. The van der Waals surface area contributed by atoms with Gasteiger partial charge < -0.3 is 19.3 Å². The van der Waals surface area contributed by atoms with E-state index in [-0.39, 0.29) is 5.91 Å². The minimum Gasteiger partial charge on any atom is -0.355 e. The Kier molecular flexibility index (Phi) is 4.60. The van der Waals surface area contributed by atoms with Crippen molar-refractivity contribution >= 4 is 11.7 Å². The largest absolute Gasteiger partial charge is 0.355 e. The highest BCUT2D eigenvalue weighted by Crippen LogP contribution is 2.31. The second-order valence-electron chi connectivity index (χ2n) is 7.35. The third kappa shape index (κ3) is 3.48. The summed E-state index contributed by atoms with van der Waals surface area (Å²) in [5, 5.41) is 0. The molecule has 0 bridgehead atoms. The van der Waals surface area contributed by atoms with E-state index in [4.69, 9.17) is 9.47 Å². The third-order valence-corrected chi connectivity index (χ3v) is 5.46. The normalized spacial score (nSPS) is 26.2. The van der Waals surface area contributed by atoms with Crippen molar-refractivity contribution in [3.05, 3.63) is 18.1 Å². The number of ether oxygens (including phenoxy) is 2. The average molecular weight is 346 g/mol. The lowest BCUT2D eigenvalue weighted by atomic mass is 10.0. The van der Waals surface area contributed by atoms with Crippen molar-refractivity contribution < 1.29 is 14.3 Å². The number of anilines is 1. The number of carbonyl (C=O) groups excluding carboxylic acids is 1. The van der Waals surface area contributed by atoms with Gasteiger partial charge in [-0.3, -0.25) is 4.79 Å².